The highest BCUT2D eigenvalue weighted by atomic mass is 35.5. The molecule has 3 rings (SSSR count). The number of ether oxygens (including phenoxy) is 1. The van der Waals surface area contributed by atoms with Crippen LogP contribution in [0.4, 0.5) is 0 Å². The van der Waals surface area contributed by atoms with E-state index in [-0.39, 0.29) is 33.1 Å². The summed E-state index contributed by atoms with van der Waals surface area (Å²) in [5, 5.41) is 0.595. The van der Waals surface area contributed by atoms with Crippen molar-refractivity contribution in [3.05, 3.63) is 105 Å². The summed E-state index contributed by atoms with van der Waals surface area (Å²) >= 11 is 12.0. The van der Waals surface area contributed by atoms with Gasteiger partial charge in [-0.05, 0) is 52.9 Å². The number of esters is 1. The molecule has 0 aliphatic heterocycles. The largest absolute Gasteiger partial charge is 0.422 e. The molecule has 5 heteroatoms. The third kappa shape index (κ3) is 5.84. The van der Waals surface area contributed by atoms with E-state index in [0.717, 1.165) is 5.56 Å². The highest BCUT2D eigenvalue weighted by Gasteiger charge is 2.17. The number of hydrogen-bond donors (Lipinski definition) is 0. The fourth-order valence-corrected chi connectivity index (χ4v) is 3.41. The van der Waals surface area contributed by atoms with E-state index in [4.69, 9.17) is 27.9 Å². The molecule has 3 aromatic carbocycles. The molecule has 0 spiro atoms. The first-order valence-electron chi connectivity index (χ1n) is 9.74. The van der Waals surface area contributed by atoms with Crippen LogP contribution in [0.25, 0.3) is 6.08 Å². The normalized spacial score (nSPS) is 11.5. The molecule has 0 amide bonds. The average molecular weight is 453 g/mol. The van der Waals surface area contributed by atoms with Gasteiger partial charge in [0, 0.05) is 5.02 Å². The van der Waals surface area contributed by atoms with E-state index >= 15 is 0 Å². The average Bonchev–Trinajstić information content (AvgIpc) is 2.72. The van der Waals surface area contributed by atoms with Gasteiger partial charge < -0.3 is 4.74 Å². The van der Waals surface area contributed by atoms with Crippen LogP contribution in [0.5, 0.6) is 5.75 Å². The predicted molar refractivity (Wildman–Crippen MR) is 126 cm³/mol. The molecule has 158 valence electrons. The second-order valence-corrected chi connectivity index (χ2v) is 8.92. The Morgan fingerprint density at radius 2 is 1.55 bits per heavy atom. The molecule has 0 fully saturated rings. The summed E-state index contributed by atoms with van der Waals surface area (Å²) in [6, 6.07) is 19.1. The second kappa shape index (κ2) is 9.51. The predicted octanol–water partition coefficient (Wildman–Crippen LogP) is 7.41. The minimum Gasteiger partial charge on any atom is -0.422 e. The quantitative estimate of drug-likeness (QED) is 0.175. The third-order valence-corrected chi connectivity index (χ3v) is 5.26. The number of carbonyl (C=O) groups excluding carboxylic acids is 2. The van der Waals surface area contributed by atoms with Gasteiger partial charge in [-0.3, -0.25) is 4.79 Å². The molecule has 3 nitrogen and oxygen atoms in total. The SMILES string of the molecule is CC(C)(C)c1ccc(/C=C/C(=O)c2ccccc2OC(=O)c2ccc(Cl)cc2Cl)cc1. The van der Waals surface area contributed by atoms with Crippen LogP contribution in [0, 0.1) is 0 Å². The maximum Gasteiger partial charge on any atom is 0.345 e. The van der Waals surface area contributed by atoms with Crippen molar-refractivity contribution >= 4 is 41.0 Å². The standard InChI is InChI=1S/C26H22Cl2O3/c1-26(2,3)18-11-8-17(9-12-18)10-15-23(29)21-6-4-5-7-24(21)31-25(30)20-14-13-19(27)16-22(20)28/h4-16H,1-3H3/b15-10+. The minimum absolute atomic E-state index is 0.0634. The molecular formula is C26H22Cl2O3. The first-order chi connectivity index (χ1) is 14.6. The Labute approximate surface area is 192 Å². The van der Waals surface area contributed by atoms with Gasteiger partial charge in [-0.1, -0.05) is 86.4 Å². The summed E-state index contributed by atoms with van der Waals surface area (Å²) in [6.45, 7) is 6.45. The Morgan fingerprint density at radius 3 is 2.19 bits per heavy atom. The monoisotopic (exact) mass is 452 g/mol. The van der Waals surface area contributed by atoms with Gasteiger partial charge in [0.15, 0.2) is 5.78 Å². The van der Waals surface area contributed by atoms with Crippen molar-refractivity contribution in [1.29, 1.82) is 0 Å². The van der Waals surface area contributed by atoms with Crippen LogP contribution in [0.15, 0.2) is 72.8 Å². The minimum atomic E-state index is -0.663. The van der Waals surface area contributed by atoms with Crippen LogP contribution in [0.3, 0.4) is 0 Å². The zero-order valence-electron chi connectivity index (χ0n) is 17.5. The van der Waals surface area contributed by atoms with Gasteiger partial charge in [-0.25, -0.2) is 4.79 Å². The van der Waals surface area contributed by atoms with E-state index in [2.05, 4.69) is 32.9 Å². The Hall–Kier alpha value is -2.88. The van der Waals surface area contributed by atoms with Crippen molar-refractivity contribution in [2.45, 2.75) is 26.2 Å². The molecule has 0 aliphatic rings. The van der Waals surface area contributed by atoms with Crippen molar-refractivity contribution in [2.24, 2.45) is 0 Å². The van der Waals surface area contributed by atoms with Crippen LogP contribution >= 0.6 is 23.2 Å². The molecular weight excluding hydrogens is 431 g/mol. The number of rotatable bonds is 5. The molecule has 0 saturated carbocycles. The van der Waals surface area contributed by atoms with Gasteiger partial charge in [-0.15, -0.1) is 0 Å². The van der Waals surface area contributed by atoms with Crippen LogP contribution in [-0.2, 0) is 5.41 Å². The summed E-state index contributed by atoms with van der Waals surface area (Å²) in [5.74, 6) is -0.773. The van der Waals surface area contributed by atoms with Crippen molar-refractivity contribution in [1.82, 2.24) is 0 Å². The van der Waals surface area contributed by atoms with E-state index in [1.165, 1.54) is 23.8 Å². The van der Waals surface area contributed by atoms with Crippen molar-refractivity contribution in [3.8, 4) is 5.75 Å². The Bertz CT molecular complexity index is 1140. The fraction of sp³-hybridized carbons (Fsp3) is 0.154. The summed E-state index contributed by atoms with van der Waals surface area (Å²) in [7, 11) is 0. The molecule has 3 aromatic rings. The molecule has 0 aliphatic carbocycles. The Morgan fingerprint density at radius 1 is 0.871 bits per heavy atom. The highest BCUT2D eigenvalue weighted by molar-refractivity contribution is 6.36. The second-order valence-electron chi connectivity index (χ2n) is 8.08. The van der Waals surface area contributed by atoms with Crippen molar-refractivity contribution in [3.63, 3.8) is 0 Å². The molecule has 0 atom stereocenters. The first kappa shape index (κ1) is 22.8. The molecule has 0 radical (unpaired) electrons. The first-order valence-corrected chi connectivity index (χ1v) is 10.5. The Kier molecular flexibility index (Phi) is 6.99. The van der Waals surface area contributed by atoms with Crippen LogP contribution in [0.1, 0.15) is 52.6 Å². The molecule has 0 N–H and O–H groups in total. The van der Waals surface area contributed by atoms with E-state index in [9.17, 15) is 9.59 Å². The van der Waals surface area contributed by atoms with E-state index < -0.39 is 5.97 Å². The van der Waals surface area contributed by atoms with E-state index in [1.807, 2.05) is 12.1 Å². The molecule has 31 heavy (non-hydrogen) atoms. The molecule has 0 bridgehead atoms. The fourth-order valence-electron chi connectivity index (χ4n) is 2.92. The zero-order chi connectivity index (χ0) is 22.6. The van der Waals surface area contributed by atoms with Crippen LogP contribution < -0.4 is 4.74 Å². The molecule has 0 aromatic heterocycles. The topological polar surface area (TPSA) is 43.4 Å². The summed E-state index contributed by atoms with van der Waals surface area (Å²) in [5.41, 5.74) is 2.64. The van der Waals surface area contributed by atoms with Crippen LogP contribution in [-0.4, -0.2) is 11.8 Å². The van der Waals surface area contributed by atoms with Gasteiger partial charge >= 0.3 is 5.97 Å². The lowest BCUT2D eigenvalue weighted by Crippen LogP contribution is -2.11. The number of hydrogen-bond acceptors (Lipinski definition) is 3. The molecule has 0 heterocycles. The van der Waals surface area contributed by atoms with E-state index in [0.29, 0.717) is 5.02 Å². The highest BCUT2D eigenvalue weighted by Crippen LogP contribution is 2.26. The number of benzene rings is 3. The molecule has 0 unspecified atom stereocenters. The summed E-state index contributed by atoms with van der Waals surface area (Å²) in [6.07, 6.45) is 3.21. The number of halogens is 2. The van der Waals surface area contributed by atoms with Gasteiger partial charge in [-0.2, -0.15) is 0 Å². The number of allylic oxidation sites excluding steroid dienone is 1. The number of carbonyl (C=O) groups is 2. The van der Waals surface area contributed by atoms with Gasteiger partial charge in [0.25, 0.3) is 0 Å². The lowest BCUT2D eigenvalue weighted by molar-refractivity contribution is 0.0733. The summed E-state index contributed by atoms with van der Waals surface area (Å²) in [4.78, 5) is 25.3. The van der Waals surface area contributed by atoms with Crippen LogP contribution in [0.2, 0.25) is 10.0 Å². The maximum absolute atomic E-state index is 12.8. The van der Waals surface area contributed by atoms with E-state index in [1.54, 1.807) is 36.4 Å². The Balaban J connectivity index is 1.78. The van der Waals surface area contributed by atoms with Gasteiger partial charge in [0.2, 0.25) is 0 Å². The summed E-state index contributed by atoms with van der Waals surface area (Å²) < 4.78 is 5.46. The lowest BCUT2D eigenvalue weighted by Gasteiger charge is -2.18. The lowest BCUT2D eigenvalue weighted by atomic mass is 9.87. The smallest absolute Gasteiger partial charge is 0.345 e. The number of ketones is 1. The maximum atomic E-state index is 12.8. The number of para-hydroxylation sites is 1. The van der Waals surface area contributed by atoms with Gasteiger partial charge in [0.05, 0.1) is 16.1 Å². The van der Waals surface area contributed by atoms with Gasteiger partial charge in [0.1, 0.15) is 5.75 Å². The van der Waals surface area contributed by atoms with Crippen molar-refractivity contribution in [2.75, 3.05) is 0 Å². The molecule has 0 saturated heterocycles. The van der Waals surface area contributed by atoms with Crippen molar-refractivity contribution < 1.29 is 14.3 Å². The third-order valence-electron chi connectivity index (χ3n) is 4.71. The zero-order valence-corrected chi connectivity index (χ0v) is 19.0.